The van der Waals surface area contributed by atoms with Gasteiger partial charge in [-0.25, -0.2) is 4.79 Å². The Labute approximate surface area is 173 Å². The third-order valence-corrected chi connectivity index (χ3v) is 3.99. The zero-order chi connectivity index (χ0) is 21.4. The molecule has 1 N–H and O–H groups in total. The molecule has 0 aromatic heterocycles. The molecule has 0 aliphatic rings. The lowest BCUT2D eigenvalue weighted by Gasteiger charge is -2.10. The Bertz CT molecular complexity index is 995. The van der Waals surface area contributed by atoms with E-state index >= 15 is 0 Å². The SMILES string of the molecule is CCOC(=O)Oc1ccc(/C=C(\C#N)C(=O)Nc2ccc(Cl)cc2C)cc1OC. The molecule has 29 heavy (non-hydrogen) atoms. The van der Waals surface area contributed by atoms with Crippen molar-refractivity contribution < 1.29 is 23.8 Å². The van der Waals surface area contributed by atoms with E-state index in [4.69, 9.17) is 25.8 Å². The van der Waals surface area contributed by atoms with Gasteiger partial charge in [-0.15, -0.1) is 0 Å². The number of aryl methyl sites for hydroxylation is 1. The number of amides is 1. The van der Waals surface area contributed by atoms with E-state index < -0.39 is 12.1 Å². The van der Waals surface area contributed by atoms with Gasteiger partial charge in [-0.2, -0.15) is 5.26 Å². The average Bonchev–Trinajstić information content (AvgIpc) is 2.69. The highest BCUT2D eigenvalue weighted by molar-refractivity contribution is 6.30. The van der Waals surface area contributed by atoms with Gasteiger partial charge in [0.2, 0.25) is 0 Å². The Morgan fingerprint density at radius 3 is 2.59 bits per heavy atom. The second kappa shape index (κ2) is 10.2. The van der Waals surface area contributed by atoms with Gasteiger partial charge < -0.3 is 19.5 Å². The number of nitrogens with one attached hydrogen (secondary N) is 1. The van der Waals surface area contributed by atoms with Crippen molar-refractivity contribution in [2.45, 2.75) is 13.8 Å². The van der Waals surface area contributed by atoms with Gasteiger partial charge in [-0.3, -0.25) is 4.79 Å². The maximum atomic E-state index is 12.5. The molecule has 150 valence electrons. The summed E-state index contributed by atoms with van der Waals surface area (Å²) < 4.78 is 15.0. The summed E-state index contributed by atoms with van der Waals surface area (Å²) in [5.41, 5.74) is 1.72. The van der Waals surface area contributed by atoms with Crippen LogP contribution in [0.15, 0.2) is 42.0 Å². The normalized spacial score (nSPS) is 10.7. The molecule has 0 saturated carbocycles. The van der Waals surface area contributed by atoms with E-state index in [-0.39, 0.29) is 23.7 Å². The Morgan fingerprint density at radius 2 is 1.97 bits per heavy atom. The van der Waals surface area contributed by atoms with Crippen molar-refractivity contribution in [3.63, 3.8) is 0 Å². The van der Waals surface area contributed by atoms with E-state index in [0.29, 0.717) is 16.3 Å². The first-order valence-electron chi connectivity index (χ1n) is 8.59. The molecule has 0 aliphatic heterocycles. The standard InChI is InChI=1S/C21H19ClN2O5/c1-4-28-21(26)29-18-8-5-14(11-19(18)27-3)10-15(12-23)20(25)24-17-7-6-16(22)9-13(17)2/h5-11H,4H2,1-3H3,(H,24,25)/b15-10+. The van der Waals surface area contributed by atoms with Crippen LogP contribution in [-0.2, 0) is 9.53 Å². The van der Waals surface area contributed by atoms with Crippen molar-refractivity contribution in [3.05, 3.63) is 58.1 Å². The number of nitriles is 1. The quantitative estimate of drug-likeness (QED) is 0.317. The fourth-order valence-corrected chi connectivity index (χ4v) is 2.59. The van der Waals surface area contributed by atoms with E-state index in [2.05, 4.69) is 5.32 Å². The first-order valence-corrected chi connectivity index (χ1v) is 8.97. The molecule has 0 radical (unpaired) electrons. The molecule has 2 aromatic rings. The summed E-state index contributed by atoms with van der Waals surface area (Å²) in [6, 6.07) is 11.5. The van der Waals surface area contributed by atoms with Gasteiger partial charge in [0.1, 0.15) is 11.6 Å². The molecule has 0 atom stereocenters. The van der Waals surface area contributed by atoms with Gasteiger partial charge in [0, 0.05) is 10.7 Å². The number of halogens is 1. The zero-order valence-electron chi connectivity index (χ0n) is 16.1. The molecule has 0 spiro atoms. The molecule has 0 saturated heterocycles. The fourth-order valence-electron chi connectivity index (χ4n) is 2.37. The number of hydrogen-bond donors (Lipinski definition) is 1. The van der Waals surface area contributed by atoms with Crippen LogP contribution in [0.3, 0.4) is 0 Å². The number of methoxy groups -OCH3 is 1. The van der Waals surface area contributed by atoms with E-state index in [1.165, 1.54) is 25.3 Å². The van der Waals surface area contributed by atoms with Crippen LogP contribution >= 0.6 is 11.6 Å². The van der Waals surface area contributed by atoms with Crippen molar-refractivity contribution in [1.82, 2.24) is 0 Å². The van der Waals surface area contributed by atoms with E-state index in [0.717, 1.165) is 5.56 Å². The number of carbonyl (C=O) groups excluding carboxylic acids is 2. The molecule has 8 heteroatoms. The maximum Gasteiger partial charge on any atom is 0.513 e. The van der Waals surface area contributed by atoms with Crippen LogP contribution in [0, 0.1) is 18.3 Å². The first-order chi connectivity index (χ1) is 13.9. The lowest BCUT2D eigenvalue weighted by atomic mass is 10.1. The van der Waals surface area contributed by atoms with Crippen LogP contribution in [0.2, 0.25) is 5.02 Å². The molecule has 0 aliphatic carbocycles. The fraction of sp³-hybridized carbons (Fsp3) is 0.190. The van der Waals surface area contributed by atoms with E-state index in [1.807, 2.05) is 6.07 Å². The van der Waals surface area contributed by atoms with Crippen LogP contribution < -0.4 is 14.8 Å². The van der Waals surface area contributed by atoms with E-state index in [1.54, 1.807) is 38.1 Å². The van der Waals surface area contributed by atoms with Crippen molar-refractivity contribution in [2.24, 2.45) is 0 Å². The molecule has 2 rings (SSSR count). The Kier molecular flexibility index (Phi) is 7.63. The summed E-state index contributed by atoms with van der Waals surface area (Å²) in [6.45, 7) is 3.63. The van der Waals surface area contributed by atoms with Gasteiger partial charge in [0.05, 0.1) is 13.7 Å². The summed E-state index contributed by atoms with van der Waals surface area (Å²) in [5.74, 6) is -0.162. The molecule has 0 fully saturated rings. The number of benzene rings is 2. The molecule has 2 aromatic carbocycles. The topological polar surface area (TPSA) is 97.7 Å². The smallest absolute Gasteiger partial charge is 0.493 e. The number of ether oxygens (including phenoxy) is 3. The van der Waals surface area contributed by atoms with Gasteiger partial charge >= 0.3 is 6.16 Å². The molecule has 0 heterocycles. The van der Waals surface area contributed by atoms with Gasteiger partial charge in [0.25, 0.3) is 5.91 Å². The molecule has 0 bridgehead atoms. The van der Waals surface area contributed by atoms with Crippen molar-refractivity contribution in [2.75, 3.05) is 19.0 Å². The molecular formula is C21H19ClN2O5. The van der Waals surface area contributed by atoms with Crippen LogP contribution in [0.25, 0.3) is 6.08 Å². The first kappa shape index (κ1) is 21.8. The molecule has 7 nitrogen and oxygen atoms in total. The maximum absolute atomic E-state index is 12.5. The summed E-state index contributed by atoms with van der Waals surface area (Å²) in [6.07, 6.45) is 0.543. The van der Waals surface area contributed by atoms with Crippen molar-refractivity contribution >= 4 is 35.4 Å². The predicted octanol–water partition coefficient (Wildman–Crippen LogP) is 4.74. The van der Waals surface area contributed by atoms with Crippen LogP contribution in [0.4, 0.5) is 10.5 Å². The Balaban J connectivity index is 2.24. The lowest BCUT2D eigenvalue weighted by Crippen LogP contribution is -2.14. The molecular weight excluding hydrogens is 396 g/mol. The Morgan fingerprint density at radius 1 is 1.21 bits per heavy atom. The number of hydrogen-bond acceptors (Lipinski definition) is 6. The van der Waals surface area contributed by atoms with Crippen LogP contribution in [0.1, 0.15) is 18.1 Å². The number of anilines is 1. The van der Waals surface area contributed by atoms with Crippen molar-refractivity contribution in [1.29, 1.82) is 5.26 Å². The summed E-state index contributed by atoms with van der Waals surface area (Å²) in [4.78, 5) is 24.0. The minimum Gasteiger partial charge on any atom is -0.493 e. The van der Waals surface area contributed by atoms with E-state index in [9.17, 15) is 14.9 Å². The molecule has 1 amide bonds. The Hall–Kier alpha value is -3.50. The highest BCUT2D eigenvalue weighted by Crippen LogP contribution is 2.29. The molecule has 0 unspecified atom stereocenters. The van der Waals surface area contributed by atoms with Gasteiger partial charge in [0.15, 0.2) is 11.5 Å². The van der Waals surface area contributed by atoms with Gasteiger partial charge in [-0.05, 0) is 61.4 Å². The average molecular weight is 415 g/mol. The summed E-state index contributed by atoms with van der Waals surface area (Å²) in [5, 5.41) is 12.6. The second-order valence-corrected chi connectivity index (χ2v) is 6.21. The number of rotatable bonds is 6. The highest BCUT2D eigenvalue weighted by atomic mass is 35.5. The van der Waals surface area contributed by atoms with Crippen LogP contribution in [0.5, 0.6) is 11.5 Å². The number of nitrogens with zero attached hydrogens (tertiary/aromatic N) is 1. The summed E-state index contributed by atoms with van der Waals surface area (Å²) >= 11 is 5.91. The van der Waals surface area contributed by atoms with Crippen molar-refractivity contribution in [3.8, 4) is 17.6 Å². The second-order valence-electron chi connectivity index (χ2n) is 5.78. The van der Waals surface area contributed by atoms with Crippen LogP contribution in [-0.4, -0.2) is 25.8 Å². The monoisotopic (exact) mass is 414 g/mol. The predicted molar refractivity (Wildman–Crippen MR) is 109 cm³/mol. The zero-order valence-corrected chi connectivity index (χ0v) is 16.9. The summed E-state index contributed by atoms with van der Waals surface area (Å²) in [7, 11) is 1.40. The minimum absolute atomic E-state index is 0.111. The third-order valence-electron chi connectivity index (χ3n) is 3.76. The third kappa shape index (κ3) is 5.99. The number of carbonyl (C=O) groups is 2. The largest absolute Gasteiger partial charge is 0.513 e. The lowest BCUT2D eigenvalue weighted by molar-refractivity contribution is -0.112. The minimum atomic E-state index is -0.857. The van der Waals surface area contributed by atoms with Gasteiger partial charge in [-0.1, -0.05) is 17.7 Å². The highest BCUT2D eigenvalue weighted by Gasteiger charge is 2.14.